The minimum atomic E-state index is -0.413. The maximum atomic E-state index is 11.9. The van der Waals surface area contributed by atoms with E-state index in [9.17, 15) is 4.79 Å². The molecule has 19 heavy (non-hydrogen) atoms. The molecule has 0 aromatic heterocycles. The van der Waals surface area contributed by atoms with E-state index in [1.807, 2.05) is 13.8 Å². The smallest absolute Gasteiger partial charge is 0.251 e. The Hall–Kier alpha value is -2.08. The van der Waals surface area contributed by atoms with Gasteiger partial charge in [-0.1, -0.05) is 17.3 Å². The molecule has 0 heterocycles. The molecular weight excluding hydrogens is 246 g/mol. The molecule has 1 aromatic carbocycles. The molecule has 0 atom stereocenters. The third kappa shape index (κ3) is 4.26. The van der Waals surface area contributed by atoms with E-state index >= 15 is 0 Å². The van der Waals surface area contributed by atoms with E-state index in [4.69, 9.17) is 15.7 Å². The van der Waals surface area contributed by atoms with Gasteiger partial charge in [0.1, 0.15) is 0 Å². The maximum absolute atomic E-state index is 11.9. The molecule has 4 N–H and O–H groups in total. The van der Waals surface area contributed by atoms with Crippen molar-refractivity contribution in [2.24, 2.45) is 10.9 Å². The summed E-state index contributed by atoms with van der Waals surface area (Å²) in [6.07, 6.45) is 0. The molecule has 6 heteroatoms. The molecular formula is C13H19N3O3. The molecule has 0 fully saturated rings. The Morgan fingerprint density at radius 3 is 2.37 bits per heavy atom. The lowest BCUT2D eigenvalue weighted by Gasteiger charge is -2.23. The Kier molecular flexibility index (Phi) is 4.88. The molecule has 0 unspecified atom stereocenters. The van der Waals surface area contributed by atoms with Gasteiger partial charge in [0.05, 0.1) is 5.60 Å². The second-order valence-corrected chi connectivity index (χ2v) is 4.71. The molecule has 0 aliphatic heterocycles. The van der Waals surface area contributed by atoms with Crippen molar-refractivity contribution < 1.29 is 14.7 Å². The number of hydrogen-bond acceptors (Lipinski definition) is 4. The summed E-state index contributed by atoms with van der Waals surface area (Å²) in [5.41, 5.74) is 6.08. The van der Waals surface area contributed by atoms with Crippen LogP contribution in [-0.4, -0.2) is 36.2 Å². The van der Waals surface area contributed by atoms with Gasteiger partial charge in [0.2, 0.25) is 0 Å². The van der Waals surface area contributed by atoms with E-state index < -0.39 is 5.60 Å². The molecule has 0 bridgehead atoms. The summed E-state index contributed by atoms with van der Waals surface area (Å²) in [6, 6.07) is 6.46. The number of hydrogen-bond donors (Lipinski definition) is 3. The number of nitrogens with two attached hydrogens (primary N) is 1. The molecule has 0 radical (unpaired) electrons. The van der Waals surface area contributed by atoms with Crippen LogP contribution in [0.5, 0.6) is 0 Å². The molecule has 0 aliphatic rings. The Morgan fingerprint density at radius 2 is 1.89 bits per heavy atom. The maximum Gasteiger partial charge on any atom is 0.251 e. The lowest BCUT2D eigenvalue weighted by Crippen LogP contribution is -2.39. The highest BCUT2D eigenvalue weighted by atomic mass is 16.5. The van der Waals surface area contributed by atoms with Gasteiger partial charge in [-0.25, -0.2) is 0 Å². The van der Waals surface area contributed by atoms with Crippen LogP contribution in [-0.2, 0) is 4.74 Å². The van der Waals surface area contributed by atoms with Gasteiger partial charge in [0, 0.05) is 24.8 Å². The van der Waals surface area contributed by atoms with Crippen molar-refractivity contribution in [1.29, 1.82) is 0 Å². The van der Waals surface area contributed by atoms with Gasteiger partial charge in [-0.05, 0) is 26.0 Å². The first-order chi connectivity index (χ1) is 8.89. The Morgan fingerprint density at radius 1 is 1.37 bits per heavy atom. The van der Waals surface area contributed by atoms with E-state index in [-0.39, 0.29) is 11.7 Å². The van der Waals surface area contributed by atoms with Crippen LogP contribution in [0.4, 0.5) is 0 Å². The molecule has 104 valence electrons. The lowest BCUT2D eigenvalue weighted by atomic mass is 10.1. The lowest BCUT2D eigenvalue weighted by molar-refractivity contribution is 0.0229. The molecule has 0 saturated carbocycles. The molecule has 0 spiro atoms. The average molecular weight is 265 g/mol. The van der Waals surface area contributed by atoms with E-state index in [1.54, 1.807) is 31.4 Å². The topological polar surface area (TPSA) is 96.9 Å². The highest BCUT2D eigenvalue weighted by molar-refractivity contribution is 5.99. The van der Waals surface area contributed by atoms with Crippen molar-refractivity contribution >= 4 is 11.7 Å². The minimum Gasteiger partial charge on any atom is -0.409 e. The van der Waals surface area contributed by atoms with Gasteiger partial charge >= 0.3 is 0 Å². The van der Waals surface area contributed by atoms with Crippen molar-refractivity contribution in [3.05, 3.63) is 35.4 Å². The Balaban J connectivity index is 2.69. The normalized spacial score (nSPS) is 12.3. The van der Waals surface area contributed by atoms with Gasteiger partial charge in [-0.15, -0.1) is 0 Å². The first kappa shape index (κ1) is 15.0. The highest BCUT2D eigenvalue weighted by Crippen LogP contribution is 2.07. The van der Waals surface area contributed by atoms with Gasteiger partial charge < -0.3 is 21.0 Å². The fourth-order valence-corrected chi connectivity index (χ4v) is 1.32. The van der Waals surface area contributed by atoms with Crippen LogP contribution in [0, 0.1) is 0 Å². The number of amides is 1. The number of oxime groups is 1. The number of nitrogens with one attached hydrogen (secondary N) is 1. The van der Waals surface area contributed by atoms with E-state index in [2.05, 4.69) is 10.5 Å². The molecule has 1 rings (SSSR count). The van der Waals surface area contributed by atoms with Crippen LogP contribution < -0.4 is 11.1 Å². The van der Waals surface area contributed by atoms with E-state index in [0.29, 0.717) is 17.7 Å². The number of rotatable bonds is 5. The SMILES string of the molecule is COC(C)(C)CNC(=O)c1ccc(/C(N)=N/O)cc1. The summed E-state index contributed by atoms with van der Waals surface area (Å²) >= 11 is 0. The predicted molar refractivity (Wildman–Crippen MR) is 72.4 cm³/mol. The van der Waals surface area contributed by atoms with Crippen molar-refractivity contribution in [3.63, 3.8) is 0 Å². The standard InChI is InChI=1S/C13H19N3O3/c1-13(2,19-3)8-15-12(17)10-6-4-9(5-7-10)11(14)16-18/h4-7,18H,8H2,1-3H3,(H2,14,16)(H,15,17). The summed E-state index contributed by atoms with van der Waals surface area (Å²) in [7, 11) is 1.60. The van der Waals surface area contributed by atoms with Crippen LogP contribution in [0.3, 0.4) is 0 Å². The zero-order valence-electron chi connectivity index (χ0n) is 11.3. The molecule has 1 amide bonds. The number of carbonyl (C=O) groups excluding carboxylic acids is 1. The zero-order chi connectivity index (χ0) is 14.5. The summed E-state index contributed by atoms with van der Waals surface area (Å²) in [6.45, 7) is 4.17. The molecule has 0 saturated heterocycles. The van der Waals surface area contributed by atoms with Gasteiger partial charge in [0.15, 0.2) is 5.84 Å². The van der Waals surface area contributed by atoms with Crippen molar-refractivity contribution in [3.8, 4) is 0 Å². The fraction of sp³-hybridized carbons (Fsp3) is 0.385. The van der Waals surface area contributed by atoms with Crippen molar-refractivity contribution in [2.45, 2.75) is 19.4 Å². The third-order valence-electron chi connectivity index (χ3n) is 2.78. The molecule has 6 nitrogen and oxygen atoms in total. The first-order valence-electron chi connectivity index (χ1n) is 5.81. The van der Waals surface area contributed by atoms with Gasteiger partial charge in [-0.3, -0.25) is 4.79 Å². The number of nitrogens with zero attached hydrogens (tertiary/aromatic N) is 1. The molecule has 1 aromatic rings. The summed E-state index contributed by atoms with van der Waals surface area (Å²) < 4.78 is 5.21. The average Bonchev–Trinajstić information content (AvgIpc) is 2.44. The van der Waals surface area contributed by atoms with E-state index in [0.717, 1.165) is 0 Å². The van der Waals surface area contributed by atoms with Crippen LogP contribution in [0.1, 0.15) is 29.8 Å². The second-order valence-electron chi connectivity index (χ2n) is 4.71. The predicted octanol–water partition coefficient (Wildman–Crippen LogP) is 0.936. The monoisotopic (exact) mass is 265 g/mol. The van der Waals surface area contributed by atoms with E-state index in [1.165, 1.54) is 0 Å². The number of methoxy groups -OCH3 is 1. The number of amidine groups is 1. The number of ether oxygens (including phenoxy) is 1. The zero-order valence-corrected chi connectivity index (χ0v) is 11.3. The quantitative estimate of drug-likeness (QED) is 0.319. The second kappa shape index (κ2) is 6.19. The van der Waals surface area contributed by atoms with Crippen LogP contribution in [0.15, 0.2) is 29.4 Å². The van der Waals surface area contributed by atoms with Crippen molar-refractivity contribution in [1.82, 2.24) is 5.32 Å². The van der Waals surface area contributed by atoms with Crippen molar-refractivity contribution in [2.75, 3.05) is 13.7 Å². The number of benzene rings is 1. The van der Waals surface area contributed by atoms with Gasteiger partial charge in [0.25, 0.3) is 5.91 Å². The summed E-state index contributed by atoms with van der Waals surface area (Å²) in [5, 5.41) is 14.2. The number of carbonyl (C=O) groups is 1. The first-order valence-corrected chi connectivity index (χ1v) is 5.81. The largest absolute Gasteiger partial charge is 0.409 e. The van der Waals surface area contributed by atoms with Crippen LogP contribution in [0.25, 0.3) is 0 Å². The third-order valence-corrected chi connectivity index (χ3v) is 2.78. The minimum absolute atomic E-state index is 0.00692. The Bertz CT molecular complexity index is 467. The fourth-order valence-electron chi connectivity index (χ4n) is 1.32. The highest BCUT2D eigenvalue weighted by Gasteiger charge is 2.17. The summed E-state index contributed by atoms with van der Waals surface area (Å²) in [4.78, 5) is 11.9. The Labute approximate surface area is 112 Å². The molecule has 0 aliphatic carbocycles. The summed E-state index contributed by atoms with van der Waals surface area (Å²) in [5.74, 6) is -0.191. The van der Waals surface area contributed by atoms with Gasteiger partial charge in [-0.2, -0.15) is 0 Å². The van der Waals surface area contributed by atoms with Crippen LogP contribution >= 0.6 is 0 Å². The van der Waals surface area contributed by atoms with Crippen LogP contribution in [0.2, 0.25) is 0 Å².